The molecule has 1 spiro atoms. The highest BCUT2D eigenvalue weighted by molar-refractivity contribution is 5.84. The van der Waals surface area contributed by atoms with Gasteiger partial charge in [0.2, 0.25) is 5.91 Å². The van der Waals surface area contributed by atoms with E-state index in [4.69, 9.17) is 4.42 Å². The molecule has 0 radical (unpaired) electrons. The third-order valence-electron chi connectivity index (χ3n) is 6.29. The molecule has 2 aliphatic rings. The van der Waals surface area contributed by atoms with E-state index in [-0.39, 0.29) is 11.3 Å². The van der Waals surface area contributed by atoms with Crippen molar-refractivity contribution < 1.29 is 19.1 Å². The van der Waals surface area contributed by atoms with Gasteiger partial charge in [-0.1, -0.05) is 18.2 Å². The Balaban J connectivity index is 1.39. The lowest BCUT2D eigenvalue weighted by atomic mass is 9.72. The van der Waals surface area contributed by atoms with Gasteiger partial charge in [0.25, 0.3) is 0 Å². The predicted octanol–water partition coefficient (Wildman–Crippen LogP) is 3.11. The molecule has 0 aliphatic carbocycles. The van der Waals surface area contributed by atoms with Gasteiger partial charge in [0.05, 0.1) is 6.54 Å². The quantitative estimate of drug-likeness (QED) is 0.895. The summed E-state index contributed by atoms with van der Waals surface area (Å²) in [4.78, 5) is 27.5. The maximum atomic E-state index is 12.2. The van der Waals surface area contributed by atoms with Crippen LogP contribution in [0.5, 0.6) is 0 Å². The van der Waals surface area contributed by atoms with Crippen molar-refractivity contribution in [2.24, 2.45) is 5.41 Å². The van der Waals surface area contributed by atoms with E-state index in [1.807, 2.05) is 18.2 Å². The smallest absolute Gasteiger partial charge is 0.326 e. The number of para-hydroxylation sites is 1. The van der Waals surface area contributed by atoms with Crippen LogP contribution in [0.3, 0.4) is 0 Å². The van der Waals surface area contributed by atoms with Gasteiger partial charge in [-0.15, -0.1) is 0 Å². The lowest BCUT2D eigenvalue weighted by molar-refractivity contribution is -0.155. The summed E-state index contributed by atoms with van der Waals surface area (Å²) in [6.45, 7) is 4.85. The summed E-state index contributed by atoms with van der Waals surface area (Å²) in [5.74, 6) is 0.0232. The second-order valence-electron chi connectivity index (χ2n) is 8.06. The fraction of sp³-hybridized carbons (Fsp3) is 0.524. The Kier molecular flexibility index (Phi) is 4.68. The number of carboxylic acids is 1. The van der Waals surface area contributed by atoms with Crippen molar-refractivity contribution in [1.82, 2.24) is 9.80 Å². The van der Waals surface area contributed by atoms with Crippen molar-refractivity contribution in [3.05, 3.63) is 36.1 Å². The van der Waals surface area contributed by atoms with Crippen LogP contribution in [0.4, 0.5) is 0 Å². The van der Waals surface area contributed by atoms with Gasteiger partial charge in [0.15, 0.2) is 0 Å². The van der Waals surface area contributed by atoms with E-state index in [1.165, 1.54) is 0 Å². The van der Waals surface area contributed by atoms with E-state index in [9.17, 15) is 14.7 Å². The van der Waals surface area contributed by atoms with Gasteiger partial charge < -0.3 is 14.4 Å². The van der Waals surface area contributed by atoms with Gasteiger partial charge in [-0.2, -0.15) is 0 Å². The van der Waals surface area contributed by atoms with E-state index in [0.29, 0.717) is 13.0 Å². The number of nitrogens with zero attached hydrogens (tertiary/aromatic N) is 2. The van der Waals surface area contributed by atoms with Crippen LogP contribution in [0.2, 0.25) is 0 Å². The molecule has 27 heavy (non-hydrogen) atoms. The summed E-state index contributed by atoms with van der Waals surface area (Å²) in [6.07, 6.45) is 3.31. The monoisotopic (exact) mass is 370 g/mol. The number of carboxylic acid groups (broad SMARTS) is 1. The number of hydrogen-bond acceptors (Lipinski definition) is 4. The molecule has 1 N–H and O–H groups in total. The molecule has 6 heteroatoms. The molecule has 1 amide bonds. The van der Waals surface area contributed by atoms with Crippen LogP contribution < -0.4 is 0 Å². The molecule has 6 nitrogen and oxygen atoms in total. The number of amides is 1. The molecule has 0 bridgehead atoms. The maximum absolute atomic E-state index is 12.2. The molecule has 4 rings (SSSR count). The Bertz CT molecular complexity index is 818. The van der Waals surface area contributed by atoms with Crippen LogP contribution >= 0.6 is 0 Å². The van der Waals surface area contributed by atoms with Crippen molar-refractivity contribution in [3.63, 3.8) is 0 Å². The number of rotatable bonds is 4. The Labute approximate surface area is 158 Å². The second-order valence-corrected chi connectivity index (χ2v) is 8.06. The highest BCUT2D eigenvalue weighted by Gasteiger charge is 2.43. The van der Waals surface area contributed by atoms with Gasteiger partial charge in [0, 0.05) is 18.4 Å². The first-order chi connectivity index (χ1) is 13.0. The Hall–Kier alpha value is -2.34. The molecular formula is C21H26N2O4. The van der Waals surface area contributed by atoms with Crippen LogP contribution in [0, 0.1) is 5.41 Å². The third-order valence-corrected chi connectivity index (χ3v) is 6.29. The number of furan rings is 1. The van der Waals surface area contributed by atoms with E-state index >= 15 is 0 Å². The van der Waals surface area contributed by atoms with Crippen LogP contribution in [0.25, 0.3) is 11.0 Å². The summed E-state index contributed by atoms with van der Waals surface area (Å²) >= 11 is 0. The van der Waals surface area contributed by atoms with Gasteiger partial charge in [-0.25, -0.2) is 4.79 Å². The van der Waals surface area contributed by atoms with Gasteiger partial charge in [0.1, 0.15) is 17.4 Å². The maximum Gasteiger partial charge on any atom is 0.326 e. The van der Waals surface area contributed by atoms with Gasteiger partial charge in [-0.05, 0) is 56.8 Å². The van der Waals surface area contributed by atoms with E-state index in [1.54, 1.807) is 11.8 Å². The molecular weight excluding hydrogens is 344 g/mol. The third kappa shape index (κ3) is 3.58. The summed E-state index contributed by atoms with van der Waals surface area (Å²) in [6, 6.07) is 9.40. The number of piperidine rings is 2. The lowest BCUT2D eigenvalue weighted by Crippen LogP contribution is -2.55. The van der Waals surface area contributed by atoms with Crippen molar-refractivity contribution >= 4 is 22.8 Å². The number of carbonyl (C=O) groups excluding carboxylic acids is 1. The minimum atomic E-state index is -0.928. The minimum absolute atomic E-state index is 0.0276. The summed E-state index contributed by atoms with van der Waals surface area (Å²) in [7, 11) is 0. The average molecular weight is 370 g/mol. The molecule has 1 aromatic heterocycles. The Morgan fingerprint density at radius 1 is 1.26 bits per heavy atom. The first kappa shape index (κ1) is 18.0. The van der Waals surface area contributed by atoms with Crippen LogP contribution in [-0.4, -0.2) is 52.5 Å². The topological polar surface area (TPSA) is 74.0 Å². The molecule has 1 aromatic carbocycles. The number of likely N-dealkylation sites (tertiary alicyclic amines) is 2. The molecule has 1 unspecified atom stereocenters. The van der Waals surface area contributed by atoms with Crippen LogP contribution in [-0.2, 0) is 16.1 Å². The number of aliphatic carboxylic acids is 1. The Morgan fingerprint density at radius 2 is 2.00 bits per heavy atom. The Morgan fingerprint density at radius 3 is 2.70 bits per heavy atom. The number of hydrogen-bond donors (Lipinski definition) is 1. The van der Waals surface area contributed by atoms with E-state index in [2.05, 4.69) is 17.0 Å². The largest absolute Gasteiger partial charge is 0.480 e. The minimum Gasteiger partial charge on any atom is -0.480 e. The molecule has 2 aliphatic heterocycles. The fourth-order valence-corrected chi connectivity index (χ4v) is 4.46. The first-order valence-electron chi connectivity index (χ1n) is 9.68. The molecule has 144 valence electrons. The number of benzene rings is 1. The van der Waals surface area contributed by atoms with E-state index < -0.39 is 12.0 Å². The highest BCUT2D eigenvalue weighted by Crippen LogP contribution is 2.41. The second kappa shape index (κ2) is 7.00. The van der Waals surface area contributed by atoms with Crippen LogP contribution in [0.15, 0.2) is 34.7 Å². The standard InChI is InChI=1S/C21H26N2O4/c1-15(20(25)26)23-14-21(7-6-19(23)24)8-10-22(11-9-21)13-17-12-16-4-2-3-5-18(16)27-17/h2-5,12,15H,6-11,13-14H2,1H3,(H,25,26). The number of carbonyl (C=O) groups is 2. The zero-order valence-electron chi connectivity index (χ0n) is 15.7. The van der Waals surface area contributed by atoms with Crippen LogP contribution in [0.1, 0.15) is 38.4 Å². The SMILES string of the molecule is CC(C(=O)O)N1CC2(CCC1=O)CCN(Cc1cc3ccccc3o1)CC2. The van der Waals surface area contributed by atoms with Gasteiger partial charge in [-0.3, -0.25) is 9.69 Å². The zero-order valence-corrected chi connectivity index (χ0v) is 15.7. The van der Waals surface area contributed by atoms with Crippen molar-refractivity contribution in [2.45, 2.75) is 45.2 Å². The number of fused-ring (bicyclic) bond motifs is 1. The van der Waals surface area contributed by atoms with Crippen molar-refractivity contribution in [3.8, 4) is 0 Å². The highest BCUT2D eigenvalue weighted by atomic mass is 16.4. The van der Waals surface area contributed by atoms with E-state index in [0.717, 1.165) is 55.6 Å². The van der Waals surface area contributed by atoms with Crippen molar-refractivity contribution in [2.75, 3.05) is 19.6 Å². The lowest BCUT2D eigenvalue weighted by Gasteiger charge is -2.48. The molecule has 0 saturated carbocycles. The normalized spacial score (nSPS) is 21.7. The summed E-state index contributed by atoms with van der Waals surface area (Å²) < 4.78 is 5.94. The fourth-order valence-electron chi connectivity index (χ4n) is 4.46. The predicted molar refractivity (Wildman–Crippen MR) is 101 cm³/mol. The zero-order chi connectivity index (χ0) is 19.0. The molecule has 1 atom stereocenters. The molecule has 2 fully saturated rings. The molecule has 3 heterocycles. The average Bonchev–Trinajstić information content (AvgIpc) is 3.07. The van der Waals surface area contributed by atoms with Crippen molar-refractivity contribution in [1.29, 1.82) is 0 Å². The van der Waals surface area contributed by atoms with Gasteiger partial charge >= 0.3 is 5.97 Å². The molecule has 2 saturated heterocycles. The summed E-state index contributed by atoms with van der Waals surface area (Å²) in [5.41, 5.74) is 0.979. The molecule has 2 aromatic rings. The first-order valence-corrected chi connectivity index (χ1v) is 9.68. The summed E-state index contributed by atoms with van der Waals surface area (Å²) in [5, 5.41) is 10.4.